The topological polar surface area (TPSA) is 91.2 Å². The van der Waals surface area contributed by atoms with E-state index in [1.165, 1.54) is 25.3 Å². The monoisotopic (exact) mass is 283 g/mol. The molecule has 104 valence electrons. The first-order valence-electron chi connectivity index (χ1n) is 5.73. The molecule has 6 nitrogen and oxygen atoms in total. The van der Waals surface area contributed by atoms with E-state index in [1.807, 2.05) is 19.9 Å². The van der Waals surface area contributed by atoms with Crippen molar-refractivity contribution >= 4 is 15.9 Å². The van der Waals surface area contributed by atoms with Crippen LogP contribution in [-0.2, 0) is 10.2 Å². The number of hydrogen-bond acceptors (Lipinski definition) is 4. The van der Waals surface area contributed by atoms with Crippen molar-refractivity contribution in [1.29, 1.82) is 5.26 Å². The van der Waals surface area contributed by atoms with Crippen molar-refractivity contribution in [2.24, 2.45) is 5.92 Å². The lowest BCUT2D eigenvalue weighted by atomic mass is 10.2. The SMILES string of the molecule is COc1cc(C#N)ccc1NS(=O)(=O)NCC(C)C. The minimum atomic E-state index is -3.64. The Kier molecular flexibility index (Phi) is 5.15. The summed E-state index contributed by atoms with van der Waals surface area (Å²) in [5.74, 6) is 0.508. The average Bonchev–Trinajstić information content (AvgIpc) is 2.36. The van der Waals surface area contributed by atoms with Crippen LogP contribution in [0.15, 0.2) is 18.2 Å². The van der Waals surface area contributed by atoms with Crippen molar-refractivity contribution in [3.63, 3.8) is 0 Å². The summed E-state index contributed by atoms with van der Waals surface area (Å²) in [7, 11) is -2.23. The summed E-state index contributed by atoms with van der Waals surface area (Å²) in [5, 5.41) is 8.77. The summed E-state index contributed by atoms with van der Waals surface area (Å²) in [6, 6.07) is 6.44. The van der Waals surface area contributed by atoms with Crippen LogP contribution in [-0.4, -0.2) is 22.1 Å². The molecule has 1 aromatic carbocycles. The fraction of sp³-hybridized carbons (Fsp3) is 0.417. The van der Waals surface area contributed by atoms with E-state index in [0.29, 0.717) is 17.9 Å². The highest BCUT2D eigenvalue weighted by Crippen LogP contribution is 2.25. The van der Waals surface area contributed by atoms with E-state index in [0.717, 1.165) is 0 Å². The Bertz CT molecular complexity index is 576. The van der Waals surface area contributed by atoms with Crippen molar-refractivity contribution in [2.45, 2.75) is 13.8 Å². The molecule has 1 aromatic rings. The highest BCUT2D eigenvalue weighted by molar-refractivity contribution is 7.90. The van der Waals surface area contributed by atoms with Crippen LogP contribution in [0, 0.1) is 17.2 Å². The second kappa shape index (κ2) is 6.41. The molecule has 0 aliphatic carbocycles. The van der Waals surface area contributed by atoms with Crippen molar-refractivity contribution in [3.8, 4) is 11.8 Å². The molecule has 0 heterocycles. The van der Waals surface area contributed by atoms with Crippen LogP contribution in [0.5, 0.6) is 5.75 Å². The van der Waals surface area contributed by atoms with Crippen molar-refractivity contribution in [3.05, 3.63) is 23.8 Å². The van der Waals surface area contributed by atoms with Crippen LogP contribution in [0.4, 0.5) is 5.69 Å². The van der Waals surface area contributed by atoms with E-state index in [1.54, 1.807) is 0 Å². The number of ether oxygens (including phenoxy) is 1. The van der Waals surface area contributed by atoms with Gasteiger partial charge in [0.1, 0.15) is 5.75 Å². The number of nitrogens with one attached hydrogen (secondary N) is 2. The molecule has 0 unspecified atom stereocenters. The van der Waals surface area contributed by atoms with Crippen LogP contribution in [0.2, 0.25) is 0 Å². The second-order valence-corrected chi connectivity index (χ2v) is 5.87. The Morgan fingerprint density at radius 3 is 2.63 bits per heavy atom. The zero-order valence-electron chi connectivity index (χ0n) is 11.1. The van der Waals surface area contributed by atoms with Crippen LogP contribution in [0.25, 0.3) is 0 Å². The highest BCUT2D eigenvalue weighted by atomic mass is 32.2. The number of anilines is 1. The van der Waals surface area contributed by atoms with E-state index >= 15 is 0 Å². The van der Waals surface area contributed by atoms with Gasteiger partial charge in [0.2, 0.25) is 0 Å². The van der Waals surface area contributed by atoms with Crippen LogP contribution >= 0.6 is 0 Å². The minimum absolute atomic E-state index is 0.208. The maximum Gasteiger partial charge on any atom is 0.299 e. The van der Waals surface area contributed by atoms with Gasteiger partial charge in [0.25, 0.3) is 10.2 Å². The molecular weight excluding hydrogens is 266 g/mol. The van der Waals surface area contributed by atoms with Crippen molar-refractivity contribution < 1.29 is 13.2 Å². The van der Waals surface area contributed by atoms with E-state index in [2.05, 4.69) is 9.44 Å². The van der Waals surface area contributed by atoms with Crippen LogP contribution in [0.3, 0.4) is 0 Å². The fourth-order valence-electron chi connectivity index (χ4n) is 1.30. The predicted octanol–water partition coefficient (Wildman–Crippen LogP) is 1.47. The first-order chi connectivity index (χ1) is 8.88. The first kappa shape index (κ1) is 15.3. The van der Waals surface area contributed by atoms with E-state index in [9.17, 15) is 8.42 Å². The molecule has 0 saturated carbocycles. The number of nitrogens with zero attached hydrogens (tertiary/aromatic N) is 1. The third kappa shape index (κ3) is 4.77. The van der Waals surface area contributed by atoms with Gasteiger partial charge in [0.05, 0.1) is 24.4 Å². The van der Waals surface area contributed by atoms with Gasteiger partial charge < -0.3 is 4.74 Å². The minimum Gasteiger partial charge on any atom is -0.495 e. The molecule has 1 rings (SSSR count). The summed E-state index contributed by atoms with van der Waals surface area (Å²) >= 11 is 0. The molecule has 0 saturated heterocycles. The summed E-state index contributed by atoms with van der Waals surface area (Å²) in [6.45, 7) is 4.16. The van der Waals surface area contributed by atoms with Gasteiger partial charge in [-0.05, 0) is 18.1 Å². The quantitative estimate of drug-likeness (QED) is 0.827. The largest absolute Gasteiger partial charge is 0.495 e. The molecular formula is C12H17N3O3S. The molecule has 0 atom stereocenters. The van der Waals surface area contributed by atoms with Gasteiger partial charge in [0.15, 0.2) is 0 Å². The first-order valence-corrected chi connectivity index (χ1v) is 7.22. The number of hydrogen-bond donors (Lipinski definition) is 2. The Morgan fingerprint density at radius 1 is 1.42 bits per heavy atom. The van der Waals surface area contributed by atoms with Crippen LogP contribution < -0.4 is 14.2 Å². The Balaban J connectivity index is 2.90. The maximum atomic E-state index is 11.8. The molecule has 0 amide bonds. The van der Waals surface area contributed by atoms with Gasteiger partial charge in [-0.1, -0.05) is 13.8 Å². The summed E-state index contributed by atoms with van der Waals surface area (Å²) in [5.41, 5.74) is 0.688. The van der Waals surface area contributed by atoms with Gasteiger partial charge in [-0.25, -0.2) is 0 Å². The molecule has 0 bridgehead atoms. The Labute approximate surface area is 113 Å². The third-order valence-electron chi connectivity index (χ3n) is 2.26. The molecule has 19 heavy (non-hydrogen) atoms. The van der Waals surface area contributed by atoms with Crippen molar-refractivity contribution in [1.82, 2.24) is 4.72 Å². The molecule has 0 aromatic heterocycles. The predicted molar refractivity (Wildman–Crippen MR) is 73.1 cm³/mol. The van der Waals surface area contributed by atoms with Crippen molar-refractivity contribution in [2.75, 3.05) is 18.4 Å². The third-order valence-corrected chi connectivity index (χ3v) is 3.29. The molecule has 0 spiro atoms. The standard InChI is InChI=1S/C12H17N3O3S/c1-9(2)8-14-19(16,17)15-11-5-4-10(7-13)6-12(11)18-3/h4-6,9,14-15H,8H2,1-3H3. The maximum absolute atomic E-state index is 11.8. The lowest BCUT2D eigenvalue weighted by molar-refractivity contribution is 0.416. The van der Waals surface area contributed by atoms with Gasteiger partial charge >= 0.3 is 0 Å². The molecule has 0 aliphatic rings. The van der Waals surface area contributed by atoms with Gasteiger partial charge in [-0.2, -0.15) is 18.4 Å². The molecule has 0 radical (unpaired) electrons. The van der Waals surface area contributed by atoms with Crippen LogP contribution in [0.1, 0.15) is 19.4 Å². The molecule has 7 heteroatoms. The summed E-state index contributed by atoms with van der Waals surface area (Å²) < 4.78 is 33.4. The van der Waals surface area contributed by atoms with E-state index in [4.69, 9.17) is 10.00 Å². The number of nitriles is 1. The lowest BCUT2D eigenvalue weighted by Crippen LogP contribution is -2.33. The van der Waals surface area contributed by atoms with E-state index in [-0.39, 0.29) is 11.6 Å². The van der Waals surface area contributed by atoms with Gasteiger partial charge in [-0.3, -0.25) is 4.72 Å². The normalized spacial score (nSPS) is 11.1. The summed E-state index contributed by atoms with van der Waals surface area (Å²) in [4.78, 5) is 0. The lowest BCUT2D eigenvalue weighted by Gasteiger charge is -2.13. The fourth-order valence-corrected chi connectivity index (χ4v) is 2.39. The molecule has 2 N–H and O–H groups in total. The van der Waals surface area contributed by atoms with E-state index < -0.39 is 10.2 Å². The zero-order valence-corrected chi connectivity index (χ0v) is 11.9. The highest BCUT2D eigenvalue weighted by Gasteiger charge is 2.13. The Hall–Kier alpha value is -1.78. The molecule has 0 fully saturated rings. The number of benzene rings is 1. The second-order valence-electron chi connectivity index (χ2n) is 4.37. The zero-order chi connectivity index (χ0) is 14.5. The van der Waals surface area contributed by atoms with Gasteiger partial charge in [0, 0.05) is 12.6 Å². The summed E-state index contributed by atoms with van der Waals surface area (Å²) in [6.07, 6.45) is 0. The number of methoxy groups -OCH3 is 1. The van der Waals surface area contributed by atoms with Gasteiger partial charge in [-0.15, -0.1) is 0 Å². The number of rotatable bonds is 6. The smallest absolute Gasteiger partial charge is 0.299 e. The average molecular weight is 283 g/mol. The Morgan fingerprint density at radius 2 is 2.11 bits per heavy atom. The molecule has 0 aliphatic heterocycles.